The first-order valence-corrected chi connectivity index (χ1v) is 7.46. The van der Waals surface area contributed by atoms with Gasteiger partial charge in [-0.3, -0.25) is 0 Å². The molecule has 0 unspecified atom stereocenters. The van der Waals surface area contributed by atoms with E-state index in [4.69, 9.17) is 21.1 Å². The molecule has 1 heterocycles. The molecule has 21 heavy (non-hydrogen) atoms. The molecule has 4 heteroatoms. The van der Waals surface area contributed by atoms with E-state index in [0.717, 1.165) is 16.8 Å². The molecule has 0 fully saturated rings. The van der Waals surface area contributed by atoms with Gasteiger partial charge in [0.2, 0.25) is 5.88 Å². The predicted octanol–water partition coefficient (Wildman–Crippen LogP) is 5.05. The lowest BCUT2D eigenvalue weighted by atomic mass is 10.1. The molecule has 0 saturated carbocycles. The van der Waals surface area contributed by atoms with Crippen LogP contribution in [-0.2, 0) is 5.88 Å². The quantitative estimate of drug-likeness (QED) is 0.724. The number of benzene rings is 1. The highest BCUT2D eigenvalue weighted by Crippen LogP contribution is 2.32. The lowest BCUT2D eigenvalue weighted by molar-refractivity contribution is 0.373. The number of pyridine rings is 1. The second-order valence-electron chi connectivity index (χ2n) is 5.28. The third-order valence-electron chi connectivity index (χ3n) is 3.16. The highest BCUT2D eigenvalue weighted by Gasteiger charge is 2.10. The van der Waals surface area contributed by atoms with Gasteiger partial charge in [-0.1, -0.05) is 19.9 Å². The Morgan fingerprint density at radius 1 is 1.14 bits per heavy atom. The van der Waals surface area contributed by atoms with E-state index < -0.39 is 0 Å². The number of nitrogens with zero attached hydrogens (tertiary/aromatic N) is 1. The Balaban J connectivity index is 2.37. The minimum atomic E-state index is 0.315. The SMILES string of the molecule is COc1cc(C)ccc1Oc1cc(CCl)cc(C(C)C)n1. The molecule has 1 aromatic carbocycles. The van der Waals surface area contributed by atoms with Crippen molar-refractivity contribution in [2.45, 2.75) is 32.6 Å². The third-order valence-corrected chi connectivity index (χ3v) is 3.47. The minimum absolute atomic E-state index is 0.315. The summed E-state index contributed by atoms with van der Waals surface area (Å²) in [5.41, 5.74) is 3.08. The van der Waals surface area contributed by atoms with Crippen LogP contribution in [0.25, 0.3) is 0 Å². The van der Waals surface area contributed by atoms with Crippen LogP contribution in [0, 0.1) is 6.92 Å². The van der Waals surface area contributed by atoms with Crippen molar-refractivity contribution in [1.82, 2.24) is 4.98 Å². The highest BCUT2D eigenvalue weighted by atomic mass is 35.5. The van der Waals surface area contributed by atoms with Gasteiger partial charge in [0.15, 0.2) is 11.5 Å². The summed E-state index contributed by atoms with van der Waals surface area (Å²) in [4.78, 5) is 4.54. The Bertz CT molecular complexity index is 626. The zero-order chi connectivity index (χ0) is 15.4. The molecule has 3 nitrogen and oxygen atoms in total. The molecular weight excluding hydrogens is 286 g/mol. The molecule has 2 aromatic rings. The van der Waals surface area contributed by atoms with Gasteiger partial charge >= 0.3 is 0 Å². The zero-order valence-corrected chi connectivity index (χ0v) is 13.6. The Labute approximate surface area is 130 Å². The summed E-state index contributed by atoms with van der Waals surface area (Å²) in [5.74, 6) is 2.63. The molecule has 0 amide bonds. The molecule has 0 aliphatic heterocycles. The van der Waals surface area contributed by atoms with Crippen molar-refractivity contribution in [2.75, 3.05) is 7.11 Å². The Morgan fingerprint density at radius 2 is 1.90 bits per heavy atom. The Hall–Kier alpha value is -1.74. The van der Waals surface area contributed by atoms with E-state index in [1.165, 1.54) is 0 Å². The molecule has 0 aliphatic carbocycles. The summed E-state index contributed by atoms with van der Waals surface area (Å²) in [6.45, 7) is 6.20. The lowest BCUT2D eigenvalue weighted by Gasteiger charge is -2.13. The number of aromatic nitrogens is 1. The van der Waals surface area contributed by atoms with Crippen LogP contribution >= 0.6 is 11.6 Å². The van der Waals surface area contributed by atoms with Crippen LogP contribution in [0.2, 0.25) is 0 Å². The normalized spacial score (nSPS) is 10.8. The van der Waals surface area contributed by atoms with Crippen LogP contribution in [0.3, 0.4) is 0 Å². The number of halogens is 1. The molecule has 0 bridgehead atoms. The zero-order valence-electron chi connectivity index (χ0n) is 12.8. The largest absolute Gasteiger partial charge is 0.493 e. The molecule has 0 aliphatic rings. The van der Waals surface area contributed by atoms with Crippen molar-refractivity contribution < 1.29 is 9.47 Å². The maximum atomic E-state index is 5.95. The molecule has 112 valence electrons. The van der Waals surface area contributed by atoms with Gasteiger partial charge in [0.25, 0.3) is 0 Å². The number of hydrogen-bond acceptors (Lipinski definition) is 3. The fraction of sp³-hybridized carbons (Fsp3) is 0.353. The van der Waals surface area contributed by atoms with Crippen molar-refractivity contribution in [2.24, 2.45) is 0 Å². The number of aryl methyl sites for hydroxylation is 1. The van der Waals surface area contributed by atoms with Gasteiger partial charge in [-0.25, -0.2) is 4.98 Å². The van der Waals surface area contributed by atoms with E-state index in [1.807, 2.05) is 37.3 Å². The smallest absolute Gasteiger partial charge is 0.219 e. The van der Waals surface area contributed by atoms with E-state index in [2.05, 4.69) is 18.8 Å². The fourth-order valence-electron chi connectivity index (χ4n) is 1.98. The van der Waals surface area contributed by atoms with Gasteiger partial charge < -0.3 is 9.47 Å². The van der Waals surface area contributed by atoms with Crippen LogP contribution < -0.4 is 9.47 Å². The first kappa shape index (κ1) is 15.6. The second-order valence-corrected chi connectivity index (χ2v) is 5.55. The van der Waals surface area contributed by atoms with E-state index in [0.29, 0.717) is 29.2 Å². The van der Waals surface area contributed by atoms with Gasteiger partial charge in [0, 0.05) is 17.6 Å². The van der Waals surface area contributed by atoms with Crippen LogP contribution in [-0.4, -0.2) is 12.1 Å². The Kier molecular flexibility index (Phi) is 5.07. The summed E-state index contributed by atoms with van der Waals surface area (Å²) in [5, 5.41) is 0. The van der Waals surface area contributed by atoms with Gasteiger partial charge in [-0.05, 0) is 42.2 Å². The van der Waals surface area contributed by atoms with Crippen molar-refractivity contribution in [3.8, 4) is 17.4 Å². The molecule has 0 radical (unpaired) electrons. The van der Waals surface area contributed by atoms with Gasteiger partial charge in [0.1, 0.15) is 0 Å². The van der Waals surface area contributed by atoms with Crippen LogP contribution in [0.5, 0.6) is 17.4 Å². The average molecular weight is 306 g/mol. The van der Waals surface area contributed by atoms with Crippen molar-refractivity contribution in [3.63, 3.8) is 0 Å². The maximum absolute atomic E-state index is 5.95. The number of hydrogen-bond donors (Lipinski definition) is 0. The highest BCUT2D eigenvalue weighted by molar-refractivity contribution is 6.17. The third kappa shape index (κ3) is 3.88. The number of rotatable bonds is 5. The maximum Gasteiger partial charge on any atom is 0.219 e. The summed E-state index contributed by atoms with van der Waals surface area (Å²) < 4.78 is 11.2. The minimum Gasteiger partial charge on any atom is -0.493 e. The molecular formula is C17H20ClNO2. The number of methoxy groups -OCH3 is 1. The predicted molar refractivity (Wildman–Crippen MR) is 85.7 cm³/mol. The molecule has 1 aromatic heterocycles. The van der Waals surface area contributed by atoms with Crippen molar-refractivity contribution >= 4 is 11.6 Å². The van der Waals surface area contributed by atoms with E-state index in [1.54, 1.807) is 7.11 Å². The summed E-state index contributed by atoms with van der Waals surface area (Å²) in [6.07, 6.45) is 0. The average Bonchev–Trinajstić information content (AvgIpc) is 2.48. The molecule has 0 N–H and O–H groups in total. The molecule has 2 rings (SSSR count). The molecule has 0 spiro atoms. The van der Waals surface area contributed by atoms with E-state index >= 15 is 0 Å². The van der Waals surface area contributed by atoms with Crippen molar-refractivity contribution in [3.05, 3.63) is 47.2 Å². The topological polar surface area (TPSA) is 31.4 Å². The van der Waals surface area contributed by atoms with E-state index in [-0.39, 0.29) is 0 Å². The van der Waals surface area contributed by atoms with Crippen LogP contribution in [0.1, 0.15) is 36.6 Å². The number of ether oxygens (including phenoxy) is 2. The summed E-state index contributed by atoms with van der Waals surface area (Å²) in [6, 6.07) is 9.67. The first-order chi connectivity index (χ1) is 10.0. The fourth-order valence-corrected chi connectivity index (χ4v) is 2.13. The monoisotopic (exact) mass is 305 g/mol. The summed E-state index contributed by atoms with van der Waals surface area (Å²) >= 11 is 5.95. The lowest BCUT2D eigenvalue weighted by Crippen LogP contribution is -1.99. The van der Waals surface area contributed by atoms with Gasteiger partial charge in [-0.15, -0.1) is 11.6 Å². The second kappa shape index (κ2) is 6.81. The summed E-state index contributed by atoms with van der Waals surface area (Å²) in [7, 11) is 1.63. The van der Waals surface area contributed by atoms with Crippen LogP contribution in [0.15, 0.2) is 30.3 Å². The standard InChI is InChI=1S/C17H20ClNO2/c1-11(2)14-8-13(10-18)9-17(19-14)21-15-6-5-12(3)7-16(15)20-4/h5-9,11H,10H2,1-4H3. The van der Waals surface area contributed by atoms with Gasteiger partial charge in [0.05, 0.1) is 7.11 Å². The van der Waals surface area contributed by atoms with Crippen molar-refractivity contribution in [1.29, 1.82) is 0 Å². The molecule has 0 atom stereocenters. The Morgan fingerprint density at radius 3 is 2.52 bits per heavy atom. The van der Waals surface area contributed by atoms with Crippen LogP contribution in [0.4, 0.5) is 0 Å². The van der Waals surface area contributed by atoms with E-state index in [9.17, 15) is 0 Å². The van der Waals surface area contributed by atoms with Gasteiger partial charge in [-0.2, -0.15) is 0 Å². The molecule has 0 saturated heterocycles. The number of alkyl halides is 1. The first-order valence-electron chi connectivity index (χ1n) is 6.92.